The molecule has 0 aromatic heterocycles. The molecule has 1 aliphatic rings. The van der Waals surface area contributed by atoms with Gasteiger partial charge in [-0.1, -0.05) is 94.0 Å². The summed E-state index contributed by atoms with van der Waals surface area (Å²) in [7, 11) is 0. The topological polar surface area (TPSA) is 15.3 Å². The molecule has 1 fully saturated rings. The fourth-order valence-electron chi connectivity index (χ4n) is 5.96. The molecule has 2 heteroatoms. The molecule has 0 aliphatic carbocycles. The first kappa shape index (κ1) is 29.1. The number of piperidine rings is 1. The van der Waals surface area contributed by atoms with E-state index in [4.69, 9.17) is 0 Å². The van der Waals surface area contributed by atoms with Gasteiger partial charge in [-0.25, -0.2) is 0 Å². The van der Waals surface area contributed by atoms with Crippen molar-refractivity contribution in [2.24, 2.45) is 5.92 Å². The molecule has 39 heavy (non-hydrogen) atoms. The quantitative estimate of drug-likeness (QED) is 0.245. The summed E-state index contributed by atoms with van der Waals surface area (Å²) in [6.07, 6.45) is 9.73. The highest BCUT2D eigenvalue weighted by atomic mass is 15.1. The summed E-state index contributed by atoms with van der Waals surface area (Å²) in [5.41, 5.74) is 7.96. The van der Waals surface area contributed by atoms with Crippen LogP contribution in [0.2, 0.25) is 0 Å². The monoisotopic (exact) mass is 520 g/mol. The third kappa shape index (κ3) is 9.68. The third-order valence-corrected chi connectivity index (χ3v) is 8.01. The molecule has 1 unspecified atom stereocenters. The first-order valence-corrected chi connectivity index (χ1v) is 15.4. The fraction of sp³-hybridized carbons (Fsp3) is 0.459. The average Bonchev–Trinajstić information content (AvgIpc) is 2.95. The Balaban J connectivity index is 1.26. The van der Waals surface area contributed by atoms with E-state index < -0.39 is 0 Å². The normalized spacial score (nSPS) is 15.1. The van der Waals surface area contributed by atoms with Gasteiger partial charge in [0.25, 0.3) is 0 Å². The standard InChI is InChI=1S/C37H48N2/c1-4-9-30-15-17-31(18-16-30)19-20-32-11-7-14-36(26-32)29-39-23-21-33(22-24-39)25-34-12-8-13-35(27-34)28-37(10-5-2)38-6-3/h7-8,11-18,26-27,33,37-38H,4-6,9-10,21-25,28-29H2,1-3H3. The maximum Gasteiger partial charge on any atom is 0.0252 e. The molecule has 3 aromatic carbocycles. The molecule has 0 radical (unpaired) electrons. The molecule has 1 N–H and O–H groups in total. The maximum absolute atomic E-state index is 3.67. The lowest BCUT2D eigenvalue weighted by molar-refractivity contribution is 0.177. The summed E-state index contributed by atoms with van der Waals surface area (Å²) >= 11 is 0. The fourth-order valence-corrected chi connectivity index (χ4v) is 5.96. The maximum atomic E-state index is 3.67. The Morgan fingerprint density at radius 3 is 2.23 bits per heavy atom. The van der Waals surface area contributed by atoms with Crippen LogP contribution in [0.1, 0.15) is 86.3 Å². The van der Waals surface area contributed by atoms with Gasteiger partial charge in [-0.15, -0.1) is 0 Å². The molecule has 0 bridgehead atoms. The van der Waals surface area contributed by atoms with Crippen LogP contribution in [-0.2, 0) is 25.8 Å². The predicted octanol–water partition coefficient (Wildman–Crippen LogP) is 7.81. The molecule has 2 nitrogen and oxygen atoms in total. The van der Waals surface area contributed by atoms with Gasteiger partial charge in [-0.3, -0.25) is 4.90 Å². The summed E-state index contributed by atoms with van der Waals surface area (Å²) in [5.74, 6) is 7.52. The largest absolute Gasteiger partial charge is 0.314 e. The van der Waals surface area contributed by atoms with Gasteiger partial charge in [-0.2, -0.15) is 0 Å². The van der Waals surface area contributed by atoms with Gasteiger partial charge in [0.1, 0.15) is 0 Å². The molecule has 1 atom stereocenters. The van der Waals surface area contributed by atoms with E-state index in [1.165, 1.54) is 73.9 Å². The van der Waals surface area contributed by atoms with Crippen LogP contribution in [0.25, 0.3) is 0 Å². The summed E-state index contributed by atoms with van der Waals surface area (Å²) in [4.78, 5) is 2.62. The molecule has 4 rings (SSSR count). The van der Waals surface area contributed by atoms with Gasteiger partial charge >= 0.3 is 0 Å². The third-order valence-electron chi connectivity index (χ3n) is 8.01. The van der Waals surface area contributed by atoms with Gasteiger partial charge in [0.05, 0.1) is 0 Å². The van der Waals surface area contributed by atoms with Crippen LogP contribution in [0.4, 0.5) is 0 Å². The highest BCUT2D eigenvalue weighted by Crippen LogP contribution is 2.24. The minimum atomic E-state index is 0.597. The van der Waals surface area contributed by atoms with Gasteiger partial charge < -0.3 is 5.32 Å². The number of likely N-dealkylation sites (tertiary alicyclic amines) is 1. The zero-order valence-corrected chi connectivity index (χ0v) is 24.5. The van der Waals surface area contributed by atoms with E-state index in [1.54, 1.807) is 0 Å². The zero-order chi connectivity index (χ0) is 27.3. The van der Waals surface area contributed by atoms with Crippen LogP contribution in [0, 0.1) is 17.8 Å². The minimum absolute atomic E-state index is 0.597. The molecule has 206 valence electrons. The summed E-state index contributed by atoms with van der Waals surface area (Å²) in [6, 6.07) is 27.5. The number of likely N-dealkylation sites (N-methyl/N-ethyl adjacent to an activating group) is 1. The molecular formula is C37H48N2. The summed E-state index contributed by atoms with van der Waals surface area (Å²) < 4.78 is 0. The van der Waals surface area contributed by atoms with Crippen LogP contribution in [0.3, 0.4) is 0 Å². The molecule has 1 heterocycles. The Kier molecular flexibility index (Phi) is 11.7. The van der Waals surface area contributed by atoms with Crippen molar-refractivity contribution in [1.82, 2.24) is 10.2 Å². The van der Waals surface area contributed by atoms with Crippen molar-refractivity contribution in [2.75, 3.05) is 19.6 Å². The molecular weight excluding hydrogens is 472 g/mol. The number of nitrogens with zero attached hydrogens (tertiary/aromatic N) is 1. The van der Waals surface area contributed by atoms with E-state index in [9.17, 15) is 0 Å². The van der Waals surface area contributed by atoms with Gasteiger partial charge in [-0.05, 0) is 111 Å². The Bertz CT molecular complexity index is 1190. The van der Waals surface area contributed by atoms with Crippen LogP contribution in [0.5, 0.6) is 0 Å². The van der Waals surface area contributed by atoms with E-state index >= 15 is 0 Å². The number of benzene rings is 3. The van der Waals surface area contributed by atoms with Crippen molar-refractivity contribution in [3.05, 3.63) is 106 Å². The van der Waals surface area contributed by atoms with Crippen molar-refractivity contribution in [3.8, 4) is 11.8 Å². The van der Waals surface area contributed by atoms with Crippen molar-refractivity contribution >= 4 is 0 Å². The Morgan fingerprint density at radius 1 is 0.769 bits per heavy atom. The molecule has 0 saturated carbocycles. The number of aryl methyl sites for hydroxylation is 1. The van der Waals surface area contributed by atoms with E-state index in [2.05, 4.69) is 116 Å². The molecule has 1 aliphatic heterocycles. The van der Waals surface area contributed by atoms with E-state index in [0.717, 1.165) is 43.0 Å². The Hall–Kier alpha value is -2.86. The number of hydrogen-bond donors (Lipinski definition) is 1. The van der Waals surface area contributed by atoms with Crippen LogP contribution >= 0.6 is 0 Å². The van der Waals surface area contributed by atoms with Crippen LogP contribution in [-0.4, -0.2) is 30.6 Å². The van der Waals surface area contributed by atoms with E-state index in [0.29, 0.717) is 6.04 Å². The van der Waals surface area contributed by atoms with Gasteiger partial charge in [0.15, 0.2) is 0 Å². The first-order chi connectivity index (χ1) is 19.1. The van der Waals surface area contributed by atoms with E-state index in [-0.39, 0.29) is 0 Å². The molecule has 0 spiro atoms. The second-order valence-corrected chi connectivity index (χ2v) is 11.4. The Morgan fingerprint density at radius 2 is 1.49 bits per heavy atom. The average molecular weight is 521 g/mol. The van der Waals surface area contributed by atoms with Crippen LogP contribution < -0.4 is 5.32 Å². The van der Waals surface area contributed by atoms with Gasteiger partial charge in [0.2, 0.25) is 0 Å². The number of nitrogens with one attached hydrogen (secondary N) is 1. The van der Waals surface area contributed by atoms with Crippen LogP contribution in [0.15, 0.2) is 72.8 Å². The van der Waals surface area contributed by atoms with Crippen molar-refractivity contribution in [3.63, 3.8) is 0 Å². The van der Waals surface area contributed by atoms with Gasteiger partial charge in [0, 0.05) is 23.7 Å². The summed E-state index contributed by atoms with van der Waals surface area (Å²) in [5, 5.41) is 3.67. The SMILES string of the molecule is CCCc1ccc(C#Cc2cccc(CN3CCC(Cc4cccc(CC(CCC)NCC)c4)CC3)c2)cc1. The lowest BCUT2D eigenvalue weighted by Gasteiger charge is -2.32. The first-order valence-electron chi connectivity index (χ1n) is 15.4. The summed E-state index contributed by atoms with van der Waals surface area (Å²) in [6.45, 7) is 11.2. The van der Waals surface area contributed by atoms with Crippen molar-refractivity contribution < 1.29 is 0 Å². The predicted molar refractivity (Wildman–Crippen MR) is 167 cm³/mol. The van der Waals surface area contributed by atoms with E-state index in [1.807, 2.05) is 0 Å². The molecule has 1 saturated heterocycles. The zero-order valence-electron chi connectivity index (χ0n) is 24.5. The number of rotatable bonds is 12. The lowest BCUT2D eigenvalue weighted by Crippen LogP contribution is -2.33. The lowest BCUT2D eigenvalue weighted by atomic mass is 9.89. The second kappa shape index (κ2) is 15.7. The molecule has 3 aromatic rings. The van der Waals surface area contributed by atoms with Crippen molar-refractivity contribution in [1.29, 1.82) is 0 Å². The Labute approximate surface area is 238 Å². The minimum Gasteiger partial charge on any atom is -0.314 e. The highest BCUT2D eigenvalue weighted by molar-refractivity contribution is 5.44. The molecule has 0 amide bonds. The highest BCUT2D eigenvalue weighted by Gasteiger charge is 2.20. The number of hydrogen-bond acceptors (Lipinski definition) is 2. The smallest absolute Gasteiger partial charge is 0.0252 e. The second-order valence-electron chi connectivity index (χ2n) is 11.4. The van der Waals surface area contributed by atoms with Crippen molar-refractivity contribution in [2.45, 2.75) is 84.7 Å².